The van der Waals surface area contributed by atoms with Crippen molar-refractivity contribution in [1.82, 2.24) is 0 Å². The van der Waals surface area contributed by atoms with E-state index >= 15 is 0 Å². The van der Waals surface area contributed by atoms with Crippen LogP contribution in [0, 0.1) is 0 Å². The van der Waals surface area contributed by atoms with Gasteiger partial charge in [-0.1, -0.05) is 0 Å². The first kappa shape index (κ1) is 10.7. The van der Waals surface area contributed by atoms with Gasteiger partial charge in [-0.3, -0.25) is 0 Å². The van der Waals surface area contributed by atoms with Crippen LogP contribution in [0.4, 0.5) is 0 Å². The molecule has 4 nitrogen and oxygen atoms in total. The van der Waals surface area contributed by atoms with Gasteiger partial charge in [-0.2, -0.15) is 0 Å². The molecule has 1 N–H and O–H groups in total. The Morgan fingerprint density at radius 3 is 2.64 bits per heavy atom. The fraction of sp³-hybridized carbons (Fsp3) is 1.00. The average molecular weight is 220 g/mol. The van der Waals surface area contributed by atoms with Crippen LogP contribution >= 0.6 is 11.8 Å². The van der Waals surface area contributed by atoms with Crippen molar-refractivity contribution in [2.75, 3.05) is 12.9 Å². The summed E-state index contributed by atoms with van der Waals surface area (Å²) in [6, 6.07) is 0. The number of thioether (sulfide) groups is 1. The lowest BCUT2D eigenvalue weighted by Crippen LogP contribution is -2.47. The van der Waals surface area contributed by atoms with Crippen molar-refractivity contribution in [1.29, 1.82) is 0 Å². The van der Waals surface area contributed by atoms with Crippen LogP contribution in [0.1, 0.15) is 13.8 Å². The second kappa shape index (κ2) is 3.64. The normalized spacial score (nSPS) is 46.3. The van der Waals surface area contributed by atoms with E-state index in [0.29, 0.717) is 5.75 Å². The van der Waals surface area contributed by atoms with Crippen molar-refractivity contribution in [2.24, 2.45) is 0 Å². The highest BCUT2D eigenvalue weighted by molar-refractivity contribution is 7.99. The highest BCUT2D eigenvalue weighted by Crippen LogP contribution is 2.39. The van der Waals surface area contributed by atoms with E-state index in [4.69, 9.17) is 14.2 Å². The van der Waals surface area contributed by atoms with Gasteiger partial charge >= 0.3 is 0 Å². The zero-order valence-corrected chi connectivity index (χ0v) is 9.41. The minimum Gasteiger partial charge on any atom is -0.389 e. The summed E-state index contributed by atoms with van der Waals surface area (Å²) in [6.07, 6.45) is -0.877. The summed E-state index contributed by atoms with van der Waals surface area (Å²) in [5.74, 6) is 0.0249. The Hall–Kier alpha value is 0.190. The molecule has 0 radical (unpaired) electrons. The van der Waals surface area contributed by atoms with E-state index in [0.717, 1.165) is 0 Å². The zero-order chi connectivity index (χ0) is 10.3. The molecule has 0 unspecified atom stereocenters. The molecule has 0 aliphatic carbocycles. The molecule has 0 aromatic rings. The number of fused-ring (bicyclic) bond motifs is 1. The first-order chi connectivity index (χ1) is 6.53. The van der Waals surface area contributed by atoms with Crippen LogP contribution in [0.2, 0.25) is 0 Å². The van der Waals surface area contributed by atoms with Gasteiger partial charge in [-0.05, 0) is 13.8 Å². The third-order valence-corrected chi connectivity index (χ3v) is 3.80. The van der Waals surface area contributed by atoms with Gasteiger partial charge in [0.15, 0.2) is 5.79 Å². The van der Waals surface area contributed by atoms with Crippen molar-refractivity contribution in [3.8, 4) is 0 Å². The Labute approximate surface area is 87.9 Å². The van der Waals surface area contributed by atoms with Crippen molar-refractivity contribution < 1.29 is 19.3 Å². The Morgan fingerprint density at radius 1 is 1.36 bits per heavy atom. The molecule has 0 bridgehead atoms. The molecule has 2 aliphatic heterocycles. The van der Waals surface area contributed by atoms with Gasteiger partial charge in [-0.15, -0.1) is 11.8 Å². The van der Waals surface area contributed by atoms with Crippen molar-refractivity contribution in [3.05, 3.63) is 0 Å². The fourth-order valence-electron chi connectivity index (χ4n) is 1.91. The standard InChI is InChI=1S/C9H16O4S/c1-9(2)12-6-5(10)4-14-8(11-3)7(6)13-9/h5-8,10H,4H2,1-3H3/t5-,6+,7-,8-/m1/s1. The van der Waals surface area contributed by atoms with Gasteiger partial charge in [-0.25, -0.2) is 0 Å². The quantitative estimate of drug-likeness (QED) is 0.700. The van der Waals surface area contributed by atoms with E-state index in [2.05, 4.69) is 0 Å². The predicted octanol–water partition coefficient (Wildman–Crippen LogP) is 0.587. The minimum atomic E-state index is -0.613. The van der Waals surface area contributed by atoms with Crippen molar-refractivity contribution in [3.63, 3.8) is 0 Å². The monoisotopic (exact) mass is 220 g/mol. The van der Waals surface area contributed by atoms with Gasteiger partial charge in [0.1, 0.15) is 17.6 Å². The predicted molar refractivity (Wildman–Crippen MR) is 53.1 cm³/mol. The number of methoxy groups -OCH3 is 1. The minimum absolute atomic E-state index is 0.0369. The fourth-order valence-corrected chi connectivity index (χ4v) is 3.02. The van der Waals surface area contributed by atoms with Crippen LogP contribution < -0.4 is 0 Å². The number of ether oxygens (including phenoxy) is 3. The lowest BCUT2D eigenvalue weighted by molar-refractivity contribution is -0.156. The summed E-state index contributed by atoms with van der Waals surface area (Å²) in [6.45, 7) is 3.71. The first-order valence-electron chi connectivity index (χ1n) is 4.71. The molecule has 82 valence electrons. The second-order valence-corrected chi connectivity index (χ2v) is 5.20. The molecule has 0 aromatic heterocycles. The molecule has 0 aromatic carbocycles. The number of hydrogen-bond acceptors (Lipinski definition) is 5. The molecule has 2 aliphatic rings. The lowest BCUT2D eigenvalue weighted by Gasteiger charge is -2.32. The van der Waals surface area contributed by atoms with E-state index in [9.17, 15) is 5.11 Å². The number of rotatable bonds is 1. The van der Waals surface area contributed by atoms with E-state index in [1.807, 2.05) is 13.8 Å². The van der Waals surface area contributed by atoms with Gasteiger partial charge in [0.25, 0.3) is 0 Å². The zero-order valence-electron chi connectivity index (χ0n) is 8.60. The summed E-state index contributed by atoms with van der Waals surface area (Å²) in [4.78, 5) is 0. The Bertz CT molecular complexity index is 221. The molecule has 2 heterocycles. The van der Waals surface area contributed by atoms with Crippen LogP contribution in [-0.2, 0) is 14.2 Å². The average Bonchev–Trinajstić information content (AvgIpc) is 2.42. The summed E-state index contributed by atoms with van der Waals surface area (Å²) >= 11 is 1.57. The van der Waals surface area contributed by atoms with Crippen LogP contribution in [0.25, 0.3) is 0 Å². The van der Waals surface area contributed by atoms with Crippen LogP contribution in [0.5, 0.6) is 0 Å². The van der Waals surface area contributed by atoms with Crippen molar-refractivity contribution in [2.45, 2.75) is 43.4 Å². The van der Waals surface area contributed by atoms with E-state index in [1.54, 1.807) is 18.9 Å². The highest BCUT2D eigenvalue weighted by atomic mass is 32.2. The molecule has 2 rings (SSSR count). The van der Waals surface area contributed by atoms with Crippen LogP contribution in [-0.4, -0.2) is 47.5 Å². The largest absolute Gasteiger partial charge is 0.389 e. The van der Waals surface area contributed by atoms with Gasteiger partial charge in [0.2, 0.25) is 0 Å². The number of aliphatic hydroxyl groups is 1. The third kappa shape index (κ3) is 1.79. The Kier molecular flexibility index (Phi) is 2.79. The van der Waals surface area contributed by atoms with Gasteiger partial charge in [0.05, 0.1) is 6.10 Å². The smallest absolute Gasteiger partial charge is 0.164 e. The molecule has 2 saturated heterocycles. The summed E-state index contributed by atoms with van der Waals surface area (Å²) in [7, 11) is 1.65. The SMILES string of the molecule is CO[C@@H]1SC[C@@H](O)[C@@H]2OC(C)(C)O[C@H]21. The summed E-state index contributed by atoms with van der Waals surface area (Å²) < 4.78 is 16.6. The Morgan fingerprint density at radius 2 is 2.00 bits per heavy atom. The Balaban J connectivity index is 2.14. The van der Waals surface area contributed by atoms with E-state index in [-0.39, 0.29) is 17.6 Å². The number of hydrogen-bond donors (Lipinski definition) is 1. The molecule has 5 heteroatoms. The van der Waals surface area contributed by atoms with Crippen molar-refractivity contribution >= 4 is 11.8 Å². The lowest BCUT2D eigenvalue weighted by atomic mass is 10.1. The third-order valence-electron chi connectivity index (χ3n) is 2.47. The topological polar surface area (TPSA) is 47.9 Å². The van der Waals surface area contributed by atoms with Crippen LogP contribution in [0.3, 0.4) is 0 Å². The molecule has 0 amide bonds. The maximum Gasteiger partial charge on any atom is 0.164 e. The van der Waals surface area contributed by atoms with Gasteiger partial charge < -0.3 is 19.3 Å². The first-order valence-corrected chi connectivity index (χ1v) is 5.76. The van der Waals surface area contributed by atoms with E-state index in [1.165, 1.54) is 0 Å². The second-order valence-electron chi connectivity index (χ2n) is 4.07. The molecule has 0 saturated carbocycles. The summed E-state index contributed by atoms with van der Waals surface area (Å²) in [5, 5.41) is 9.74. The molecular weight excluding hydrogens is 204 g/mol. The maximum absolute atomic E-state index is 9.74. The van der Waals surface area contributed by atoms with E-state index < -0.39 is 11.9 Å². The molecule has 2 fully saturated rings. The highest BCUT2D eigenvalue weighted by Gasteiger charge is 2.51. The number of aliphatic hydroxyl groups excluding tert-OH is 1. The molecule has 4 atom stereocenters. The van der Waals surface area contributed by atoms with Gasteiger partial charge in [0, 0.05) is 12.9 Å². The molecular formula is C9H16O4S. The molecule has 14 heavy (non-hydrogen) atoms. The summed E-state index contributed by atoms with van der Waals surface area (Å²) in [5.41, 5.74) is -0.0369. The molecule has 0 spiro atoms. The maximum atomic E-state index is 9.74. The van der Waals surface area contributed by atoms with Crippen LogP contribution in [0.15, 0.2) is 0 Å².